The van der Waals surface area contributed by atoms with Crippen molar-refractivity contribution in [1.29, 1.82) is 0 Å². The number of hydrogen-bond acceptors (Lipinski definition) is 3. The average Bonchev–Trinajstić information content (AvgIpc) is 2.91. The van der Waals surface area contributed by atoms with Gasteiger partial charge >= 0.3 is 0 Å². The van der Waals surface area contributed by atoms with Crippen molar-refractivity contribution in [3.63, 3.8) is 0 Å². The van der Waals surface area contributed by atoms with Crippen LogP contribution in [0.1, 0.15) is 44.9 Å². The Kier molecular flexibility index (Phi) is 8.62. The number of H-pyrrole nitrogens is 1. The molecule has 0 aliphatic carbocycles. The number of aryl methyl sites for hydroxylation is 1. The minimum atomic E-state index is 0.676. The fourth-order valence-electron chi connectivity index (χ4n) is 2.23. The molecule has 2 aromatic rings. The first-order chi connectivity index (χ1) is 10.3. The molecule has 0 amide bonds. The van der Waals surface area contributed by atoms with Gasteiger partial charge in [-0.2, -0.15) is 5.10 Å². The second-order valence-corrected chi connectivity index (χ2v) is 5.17. The van der Waals surface area contributed by atoms with Crippen LogP contribution >= 0.6 is 12.2 Å². The van der Waals surface area contributed by atoms with E-state index in [4.69, 9.17) is 17.3 Å². The number of aromatic amines is 1. The van der Waals surface area contributed by atoms with E-state index in [9.17, 15) is 0 Å². The number of para-hydroxylation sites is 1. The lowest BCUT2D eigenvalue weighted by molar-refractivity contribution is 0.399. The number of hydrogen-bond donors (Lipinski definition) is 2. The Morgan fingerprint density at radius 1 is 1.10 bits per heavy atom. The maximum Gasteiger partial charge on any atom is 0.199 e. The summed E-state index contributed by atoms with van der Waals surface area (Å²) in [5, 5.41) is 14.3. The first-order valence-electron chi connectivity index (χ1n) is 7.49. The lowest BCUT2D eigenvalue weighted by atomic mass is 10.1. The Hall–Kier alpha value is -1.46. The van der Waals surface area contributed by atoms with Gasteiger partial charge in [0.25, 0.3) is 0 Å². The highest BCUT2D eigenvalue weighted by atomic mass is 32.1. The van der Waals surface area contributed by atoms with E-state index in [2.05, 4.69) is 29.3 Å². The van der Waals surface area contributed by atoms with E-state index >= 15 is 0 Å². The lowest BCUT2D eigenvalue weighted by Crippen LogP contribution is -2.01. The second-order valence-electron chi connectivity index (χ2n) is 4.78. The third-order valence-corrected chi connectivity index (χ3v) is 3.53. The van der Waals surface area contributed by atoms with Crippen LogP contribution in [-0.4, -0.2) is 27.0 Å². The fraction of sp³-hybridized carbons (Fsp3) is 0.500. The topological polar surface area (TPSA) is 53.8 Å². The van der Waals surface area contributed by atoms with Crippen molar-refractivity contribution in [3.05, 3.63) is 40.9 Å². The molecule has 0 unspecified atom stereocenters. The van der Waals surface area contributed by atoms with E-state index in [1.165, 1.54) is 32.1 Å². The van der Waals surface area contributed by atoms with Crippen LogP contribution in [0.5, 0.6) is 0 Å². The Labute approximate surface area is 131 Å². The quantitative estimate of drug-likeness (QED) is 0.599. The van der Waals surface area contributed by atoms with Gasteiger partial charge < -0.3 is 5.11 Å². The summed E-state index contributed by atoms with van der Waals surface area (Å²) < 4.78 is 2.71. The van der Waals surface area contributed by atoms with Gasteiger partial charge in [-0.05, 0) is 30.8 Å². The van der Waals surface area contributed by atoms with Crippen molar-refractivity contribution < 1.29 is 5.11 Å². The molecule has 0 saturated heterocycles. The van der Waals surface area contributed by atoms with Gasteiger partial charge in [-0.15, -0.1) is 0 Å². The number of rotatable bonds is 7. The Balaban J connectivity index is 0.00000106. The number of unbranched alkanes of at least 4 members (excludes halogenated alkanes) is 4. The summed E-state index contributed by atoms with van der Waals surface area (Å²) in [6.45, 7) is 2.24. The number of benzene rings is 1. The predicted molar refractivity (Wildman–Crippen MR) is 89.4 cm³/mol. The first-order valence-corrected chi connectivity index (χ1v) is 7.90. The maximum atomic E-state index is 7.00. The van der Waals surface area contributed by atoms with Gasteiger partial charge in [-0.25, -0.2) is 0 Å². The summed E-state index contributed by atoms with van der Waals surface area (Å²) in [6, 6.07) is 10.2. The van der Waals surface area contributed by atoms with Gasteiger partial charge in [0.1, 0.15) is 5.82 Å². The minimum absolute atomic E-state index is 0.676. The number of aliphatic hydroxyl groups excluding tert-OH is 1. The molecule has 5 heteroatoms. The molecule has 21 heavy (non-hydrogen) atoms. The zero-order chi connectivity index (χ0) is 15.5. The molecular formula is C16H25N3OS. The van der Waals surface area contributed by atoms with Crippen LogP contribution in [0.2, 0.25) is 0 Å². The lowest BCUT2D eigenvalue weighted by Gasteiger charge is -2.06. The molecule has 2 rings (SSSR count). The molecule has 1 aromatic heterocycles. The maximum absolute atomic E-state index is 7.00. The normalized spacial score (nSPS) is 10.0. The van der Waals surface area contributed by atoms with E-state index < -0.39 is 0 Å². The van der Waals surface area contributed by atoms with Gasteiger partial charge in [-0.1, -0.05) is 50.8 Å². The second kappa shape index (κ2) is 10.3. The molecule has 4 nitrogen and oxygen atoms in total. The number of aliphatic hydroxyl groups is 1. The number of nitrogens with one attached hydrogen (secondary N) is 1. The third-order valence-electron chi connectivity index (χ3n) is 3.26. The summed E-state index contributed by atoms with van der Waals surface area (Å²) in [4.78, 5) is 0. The Morgan fingerprint density at radius 3 is 2.43 bits per heavy atom. The molecule has 0 atom stereocenters. The van der Waals surface area contributed by atoms with Crippen LogP contribution in [-0.2, 0) is 6.42 Å². The zero-order valence-electron chi connectivity index (χ0n) is 12.9. The van der Waals surface area contributed by atoms with Crippen LogP contribution < -0.4 is 0 Å². The van der Waals surface area contributed by atoms with Crippen LogP contribution in [0.4, 0.5) is 0 Å². The molecule has 0 spiro atoms. The van der Waals surface area contributed by atoms with Crippen molar-refractivity contribution in [1.82, 2.24) is 14.8 Å². The smallest absolute Gasteiger partial charge is 0.199 e. The van der Waals surface area contributed by atoms with Crippen molar-refractivity contribution in [2.24, 2.45) is 0 Å². The van der Waals surface area contributed by atoms with Gasteiger partial charge in [0.05, 0.1) is 0 Å². The first kappa shape index (κ1) is 17.6. The molecule has 0 saturated carbocycles. The predicted octanol–water partition coefficient (Wildman–Crippen LogP) is 4.05. The molecule has 1 aromatic carbocycles. The van der Waals surface area contributed by atoms with Gasteiger partial charge in [0.15, 0.2) is 4.77 Å². The van der Waals surface area contributed by atoms with Crippen LogP contribution in [0.3, 0.4) is 0 Å². The summed E-state index contributed by atoms with van der Waals surface area (Å²) in [7, 11) is 1.00. The molecule has 2 N–H and O–H groups in total. The van der Waals surface area contributed by atoms with Gasteiger partial charge in [-0.3, -0.25) is 9.67 Å². The van der Waals surface area contributed by atoms with Crippen molar-refractivity contribution >= 4 is 12.2 Å². The monoisotopic (exact) mass is 307 g/mol. The van der Waals surface area contributed by atoms with Gasteiger partial charge in [0.2, 0.25) is 0 Å². The van der Waals surface area contributed by atoms with E-state index in [-0.39, 0.29) is 0 Å². The standard InChI is InChI=1S/C15H21N3S.CH4O/c1-2-3-4-5-9-12-14-16-17-15(19)18(14)13-10-7-6-8-11-13;1-2/h6-8,10-11H,2-5,9,12H2,1H3,(H,17,19);2H,1H3. The highest BCUT2D eigenvalue weighted by molar-refractivity contribution is 7.71. The molecule has 0 aliphatic rings. The van der Waals surface area contributed by atoms with Crippen LogP contribution in [0.15, 0.2) is 30.3 Å². The highest BCUT2D eigenvalue weighted by Crippen LogP contribution is 2.13. The minimum Gasteiger partial charge on any atom is -0.400 e. The van der Waals surface area contributed by atoms with Crippen LogP contribution in [0, 0.1) is 4.77 Å². The molecule has 0 bridgehead atoms. The molecular weight excluding hydrogens is 282 g/mol. The van der Waals surface area contributed by atoms with Crippen LogP contribution in [0.25, 0.3) is 5.69 Å². The summed E-state index contributed by atoms with van der Waals surface area (Å²) in [5.74, 6) is 1.03. The van der Waals surface area contributed by atoms with E-state index in [0.29, 0.717) is 4.77 Å². The molecule has 1 heterocycles. The zero-order valence-corrected chi connectivity index (χ0v) is 13.7. The Bertz CT molecular complexity index is 548. The largest absolute Gasteiger partial charge is 0.400 e. The van der Waals surface area contributed by atoms with E-state index in [1.54, 1.807) is 0 Å². The summed E-state index contributed by atoms with van der Waals surface area (Å²) in [6.07, 6.45) is 7.34. The van der Waals surface area contributed by atoms with E-state index in [1.807, 2.05) is 22.8 Å². The van der Waals surface area contributed by atoms with Gasteiger partial charge in [0, 0.05) is 19.2 Å². The van der Waals surface area contributed by atoms with Crippen molar-refractivity contribution in [3.8, 4) is 5.69 Å². The van der Waals surface area contributed by atoms with Crippen molar-refractivity contribution in [2.45, 2.75) is 45.4 Å². The highest BCUT2D eigenvalue weighted by Gasteiger charge is 2.07. The molecule has 116 valence electrons. The SMILES string of the molecule is CCCCCCCc1n[nH]c(=S)n1-c1ccccc1.CO. The molecule has 0 fully saturated rings. The summed E-state index contributed by atoms with van der Waals surface area (Å²) >= 11 is 5.32. The molecule has 0 radical (unpaired) electrons. The number of nitrogens with zero attached hydrogens (tertiary/aromatic N) is 2. The Morgan fingerprint density at radius 2 is 1.76 bits per heavy atom. The average molecular weight is 307 g/mol. The number of aromatic nitrogens is 3. The fourth-order valence-corrected chi connectivity index (χ4v) is 2.48. The summed E-state index contributed by atoms with van der Waals surface area (Å²) in [5.41, 5.74) is 1.09. The molecule has 0 aliphatic heterocycles. The van der Waals surface area contributed by atoms with Crippen molar-refractivity contribution in [2.75, 3.05) is 7.11 Å². The van der Waals surface area contributed by atoms with E-state index in [0.717, 1.165) is 25.0 Å². The third kappa shape index (κ3) is 5.44.